The number of hydrogen-bond donors (Lipinski definition) is 3. The van der Waals surface area contributed by atoms with Crippen LogP contribution in [0, 0.1) is 0 Å². The zero-order valence-corrected chi connectivity index (χ0v) is 8.94. The molecule has 0 radical (unpaired) electrons. The number of aromatic nitrogens is 3. The first-order valence-corrected chi connectivity index (χ1v) is 5.06. The Hall–Kier alpha value is -2.56. The summed E-state index contributed by atoms with van der Waals surface area (Å²) in [7, 11) is 0. The lowest BCUT2D eigenvalue weighted by molar-refractivity contribution is 1.04. The smallest absolute Gasteiger partial charge is 0.325 e. The highest BCUT2D eigenvalue weighted by Gasteiger charge is 1.86. The number of para-hydroxylation sites is 1. The molecule has 0 aliphatic heterocycles. The number of aromatic amines is 3. The summed E-state index contributed by atoms with van der Waals surface area (Å²) in [5.74, 6) is 0. The Bertz CT molecular complexity index is 653. The zero-order valence-electron chi connectivity index (χ0n) is 8.94. The predicted molar refractivity (Wildman–Crippen MR) is 66.0 cm³/mol. The van der Waals surface area contributed by atoms with Gasteiger partial charge in [0.2, 0.25) is 0 Å². The monoisotopic (exact) mass is 229 g/mol. The van der Waals surface area contributed by atoms with Crippen molar-refractivity contribution in [3.05, 3.63) is 69.6 Å². The van der Waals surface area contributed by atoms with Gasteiger partial charge in [0.1, 0.15) is 0 Å². The summed E-state index contributed by atoms with van der Waals surface area (Å²) in [6, 6.07) is 11.5. The maximum atomic E-state index is 10.2. The third-order valence-electron chi connectivity index (χ3n) is 2.15. The van der Waals surface area contributed by atoms with Crippen molar-refractivity contribution in [2.75, 3.05) is 0 Å². The Morgan fingerprint density at radius 3 is 2.24 bits per heavy atom. The molecule has 0 saturated carbocycles. The number of benzene rings is 1. The molecule has 0 saturated heterocycles. The SMILES string of the molecule is O=c1cc[nH]c(=O)[nH]1.c1ccc2[nH]ccc2c1. The summed E-state index contributed by atoms with van der Waals surface area (Å²) in [5, 5.41) is 1.28. The standard InChI is InChI=1S/C8H7N.C4H4N2O2/c1-2-4-8-7(3-1)5-6-9-8;7-3-1-2-5-4(8)6-3/h1-6,9H;1-2H,(H2,5,6,7,8). The quantitative estimate of drug-likeness (QED) is 0.542. The van der Waals surface area contributed by atoms with Gasteiger partial charge in [0.05, 0.1) is 0 Å². The van der Waals surface area contributed by atoms with Crippen LogP contribution in [0.4, 0.5) is 0 Å². The minimum absolute atomic E-state index is 0.381. The second kappa shape index (κ2) is 4.98. The highest BCUT2D eigenvalue weighted by Crippen LogP contribution is 2.09. The minimum Gasteiger partial charge on any atom is -0.361 e. The Labute approximate surface area is 96.1 Å². The number of hydrogen-bond acceptors (Lipinski definition) is 2. The normalized spacial score (nSPS) is 9.65. The summed E-state index contributed by atoms with van der Waals surface area (Å²) in [4.78, 5) is 27.8. The molecule has 0 fully saturated rings. The van der Waals surface area contributed by atoms with E-state index in [0.717, 1.165) is 0 Å². The molecular weight excluding hydrogens is 218 g/mol. The molecule has 0 unspecified atom stereocenters. The maximum absolute atomic E-state index is 10.2. The molecule has 0 amide bonds. The topological polar surface area (TPSA) is 81.5 Å². The Kier molecular flexibility index (Phi) is 3.20. The van der Waals surface area contributed by atoms with Crippen molar-refractivity contribution in [2.45, 2.75) is 0 Å². The van der Waals surface area contributed by atoms with Crippen LogP contribution in [0.1, 0.15) is 0 Å². The van der Waals surface area contributed by atoms with Crippen LogP contribution in [0.5, 0.6) is 0 Å². The average Bonchev–Trinajstić information content (AvgIpc) is 2.77. The van der Waals surface area contributed by atoms with Crippen molar-refractivity contribution >= 4 is 10.9 Å². The van der Waals surface area contributed by atoms with Crippen molar-refractivity contribution in [2.24, 2.45) is 0 Å². The van der Waals surface area contributed by atoms with Gasteiger partial charge in [-0.2, -0.15) is 0 Å². The van der Waals surface area contributed by atoms with Gasteiger partial charge < -0.3 is 9.97 Å². The van der Waals surface area contributed by atoms with E-state index in [-0.39, 0.29) is 5.56 Å². The fourth-order valence-corrected chi connectivity index (χ4v) is 1.38. The summed E-state index contributed by atoms with van der Waals surface area (Å²) < 4.78 is 0. The minimum atomic E-state index is -0.475. The van der Waals surface area contributed by atoms with Gasteiger partial charge in [-0.3, -0.25) is 9.78 Å². The lowest BCUT2D eigenvalue weighted by Gasteiger charge is -1.83. The highest BCUT2D eigenvalue weighted by molar-refractivity contribution is 5.78. The van der Waals surface area contributed by atoms with Gasteiger partial charge in [0, 0.05) is 24.0 Å². The molecule has 5 heteroatoms. The molecule has 3 rings (SSSR count). The van der Waals surface area contributed by atoms with Gasteiger partial charge in [-0.05, 0) is 17.5 Å². The first-order valence-electron chi connectivity index (χ1n) is 5.06. The molecule has 86 valence electrons. The van der Waals surface area contributed by atoms with E-state index < -0.39 is 5.69 Å². The van der Waals surface area contributed by atoms with E-state index in [9.17, 15) is 9.59 Å². The largest absolute Gasteiger partial charge is 0.361 e. The van der Waals surface area contributed by atoms with E-state index in [2.05, 4.69) is 28.2 Å². The first kappa shape index (κ1) is 10.9. The second-order valence-electron chi connectivity index (χ2n) is 3.36. The van der Waals surface area contributed by atoms with Crippen LogP contribution < -0.4 is 11.2 Å². The molecule has 17 heavy (non-hydrogen) atoms. The fraction of sp³-hybridized carbons (Fsp3) is 0. The number of nitrogens with one attached hydrogen (secondary N) is 3. The average molecular weight is 229 g/mol. The summed E-state index contributed by atoms with van der Waals surface area (Å²) in [6.07, 6.45) is 3.24. The molecular formula is C12H11N3O2. The molecule has 0 aliphatic rings. The van der Waals surface area contributed by atoms with E-state index in [1.165, 1.54) is 23.2 Å². The molecule has 2 aromatic heterocycles. The van der Waals surface area contributed by atoms with Crippen molar-refractivity contribution in [3.63, 3.8) is 0 Å². The molecule has 0 atom stereocenters. The van der Waals surface area contributed by atoms with Gasteiger partial charge in [-0.25, -0.2) is 4.79 Å². The van der Waals surface area contributed by atoms with Crippen molar-refractivity contribution in [3.8, 4) is 0 Å². The molecule has 2 heterocycles. The molecule has 0 spiro atoms. The van der Waals surface area contributed by atoms with E-state index in [1.807, 2.05) is 23.3 Å². The van der Waals surface area contributed by atoms with Crippen LogP contribution in [-0.4, -0.2) is 15.0 Å². The molecule has 0 bridgehead atoms. The predicted octanol–water partition coefficient (Wildman–Crippen LogP) is 1.23. The van der Waals surface area contributed by atoms with Gasteiger partial charge >= 0.3 is 5.69 Å². The maximum Gasteiger partial charge on any atom is 0.325 e. The molecule has 5 nitrogen and oxygen atoms in total. The van der Waals surface area contributed by atoms with Gasteiger partial charge in [0.25, 0.3) is 5.56 Å². The Balaban J connectivity index is 0.000000128. The van der Waals surface area contributed by atoms with Crippen LogP contribution >= 0.6 is 0 Å². The van der Waals surface area contributed by atoms with Gasteiger partial charge in [0.15, 0.2) is 0 Å². The third kappa shape index (κ3) is 2.94. The van der Waals surface area contributed by atoms with E-state index in [4.69, 9.17) is 0 Å². The van der Waals surface area contributed by atoms with Crippen molar-refractivity contribution in [1.29, 1.82) is 0 Å². The van der Waals surface area contributed by atoms with E-state index >= 15 is 0 Å². The van der Waals surface area contributed by atoms with Crippen molar-refractivity contribution in [1.82, 2.24) is 15.0 Å². The summed E-state index contributed by atoms with van der Waals surface area (Å²) in [5.41, 5.74) is 0.351. The fourth-order valence-electron chi connectivity index (χ4n) is 1.38. The Morgan fingerprint density at radius 1 is 0.824 bits per heavy atom. The molecule has 1 aromatic carbocycles. The highest BCUT2D eigenvalue weighted by atomic mass is 16.2. The summed E-state index contributed by atoms with van der Waals surface area (Å²) >= 11 is 0. The molecule has 3 aromatic rings. The van der Waals surface area contributed by atoms with Crippen LogP contribution in [0.2, 0.25) is 0 Å². The van der Waals surface area contributed by atoms with Crippen LogP contribution in [0.3, 0.4) is 0 Å². The van der Waals surface area contributed by atoms with Gasteiger partial charge in [-0.15, -0.1) is 0 Å². The van der Waals surface area contributed by atoms with Crippen LogP contribution in [0.25, 0.3) is 10.9 Å². The number of H-pyrrole nitrogens is 3. The lowest BCUT2D eigenvalue weighted by Crippen LogP contribution is -2.19. The second-order valence-corrected chi connectivity index (χ2v) is 3.36. The molecule has 0 aliphatic carbocycles. The van der Waals surface area contributed by atoms with Crippen LogP contribution in [0.15, 0.2) is 58.4 Å². The van der Waals surface area contributed by atoms with E-state index in [1.54, 1.807) is 0 Å². The van der Waals surface area contributed by atoms with Gasteiger partial charge in [-0.1, -0.05) is 18.2 Å². The number of rotatable bonds is 0. The van der Waals surface area contributed by atoms with Crippen molar-refractivity contribution < 1.29 is 0 Å². The number of fused-ring (bicyclic) bond motifs is 1. The zero-order chi connectivity index (χ0) is 12.1. The first-order chi connectivity index (χ1) is 8.25. The Morgan fingerprint density at radius 2 is 1.59 bits per heavy atom. The third-order valence-corrected chi connectivity index (χ3v) is 2.15. The molecule has 3 N–H and O–H groups in total. The summed E-state index contributed by atoms with van der Waals surface area (Å²) in [6.45, 7) is 0. The van der Waals surface area contributed by atoms with E-state index in [0.29, 0.717) is 0 Å². The van der Waals surface area contributed by atoms with Crippen LogP contribution in [-0.2, 0) is 0 Å². The lowest BCUT2D eigenvalue weighted by atomic mass is 10.3.